The molecule has 1 aromatic heterocycles. The Morgan fingerprint density at radius 1 is 1.43 bits per heavy atom. The lowest BCUT2D eigenvalue weighted by molar-refractivity contribution is 1.05. The van der Waals surface area contributed by atoms with Gasteiger partial charge in [-0.2, -0.15) is 0 Å². The van der Waals surface area contributed by atoms with Gasteiger partial charge in [0.25, 0.3) is 0 Å². The van der Waals surface area contributed by atoms with Crippen molar-refractivity contribution >= 4 is 22.2 Å². The summed E-state index contributed by atoms with van der Waals surface area (Å²) in [6.45, 7) is 0.722. The fourth-order valence-electron chi connectivity index (χ4n) is 1.13. The van der Waals surface area contributed by atoms with Crippen molar-refractivity contribution in [2.24, 2.45) is 0 Å². The van der Waals surface area contributed by atoms with Crippen LogP contribution in [0.2, 0.25) is 0 Å². The van der Waals surface area contributed by atoms with E-state index in [4.69, 9.17) is 5.73 Å². The van der Waals surface area contributed by atoms with E-state index in [1.165, 1.54) is 11.3 Å². The summed E-state index contributed by atoms with van der Waals surface area (Å²) in [6.07, 6.45) is 0. The van der Waals surface area contributed by atoms with Gasteiger partial charge in [0.2, 0.25) is 5.13 Å². The minimum Gasteiger partial charge on any atom is -0.399 e. The number of hydrogen-bond acceptors (Lipinski definition) is 5. The number of nitrogens with one attached hydrogen (secondary N) is 1. The molecule has 0 spiro atoms. The molecule has 14 heavy (non-hydrogen) atoms. The number of nitrogens with two attached hydrogens (primary N) is 1. The second-order valence-corrected chi connectivity index (χ2v) is 3.68. The standard InChI is InChI=1S/C9H10N4S/c10-8-3-1-2-7(4-8)5-11-9-13-12-6-14-9/h1-4,6H,5,10H2,(H,11,13). The molecule has 0 fully saturated rings. The molecule has 1 heterocycles. The van der Waals surface area contributed by atoms with E-state index in [0.29, 0.717) is 0 Å². The van der Waals surface area contributed by atoms with Crippen molar-refractivity contribution in [2.45, 2.75) is 6.54 Å². The van der Waals surface area contributed by atoms with Gasteiger partial charge in [0.05, 0.1) is 0 Å². The summed E-state index contributed by atoms with van der Waals surface area (Å²) in [7, 11) is 0. The molecule has 0 bridgehead atoms. The minimum absolute atomic E-state index is 0.722. The quantitative estimate of drug-likeness (QED) is 0.751. The van der Waals surface area contributed by atoms with Gasteiger partial charge in [-0.05, 0) is 17.7 Å². The fraction of sp³-hybridized carbons (Fsp3) is 0.111. The number of nitrogens with zero attached hydrogens (tertiary/aromatic N) is 2. The lowest BCUT2D eigenvalue weighted by Gasteiger charge is -2.02. The summed E-state index contributed by atoms with van der Waals surface area (Å²) in [6, 6.07) is 7.76. The Labute approximate surface area is 85.8 Å². The Hall–Kier alpha value is -1.62. The molecule has 2 aromatic rings. The molecule has 0 saturated heterocycles. The average molecular weight is 206 g/mol. The molecule has 0 aliphatic carbocycles. The zero-order valence-electron chi connectivity index (χ0n) is 7.47. The van der Waals surface area contributed by atoms with Crippen LogP contribution in [0.5, 0.6) is 0 Å². The van der Waals surface area contributed by atoms with E-state index >= 15 is 0 Å². The Morgan fingerprint density at radius 2 is 2.36 bits per heavy atom. The lowest BCUT2D eigenvalue weighted by Crippen LogP contribution is -1.99. The van der Waals surface area contributed by atoms with Crippen molar-refractivity contribution in [3.05, 3.63) is 35.3 Å². The normalized spacial score (nSPS) is 10.0. The van der Waals surface area contributed by atoms with Crippen molar-refractivity contribution in [1.29, 1.82) is 0 Å². The zero-order chi connectivity index (χ0) is 9.80. The molecule has 0 saturated carbocycles. The summed E-state index contributed by atoms with van der Waals surface area (Å²) in [5.74, 6) is 0. The third-order valence-corrected chi connectivity index (χ3v) is 2.40. The van der Waals surface area contributed by atoms with Crippen molar-refractivity contribution in [1.82, 2.24) is 10.2 Å². The molecule has 72 valence electrons. The van der Waals surface area contributed by atoms with Crippen LogP contribution in [0.25, 0.3) is 0 Å². The van der Waals surface area contributed by atoms with Gasteiger partial charge in [-0.1, -0.05) is 23.5 Å². The highest BCUT2D eigenvalue weighted by molar-refractivity contribution is 7.13. The number of hydrogen-bond donors (Lipinski definition) is 2. The molecule has 5 heteroatoms. The first-order chi connectivity index (χ1) is 6.84. The van der Waals surface area contributed by atoms with E-state index in [2.05, 4.69) is 15.5 Å². The average Bonchev–Trinajstić information content (AvgIpc) is 2.67. The van der Waals surface area contributed by atoms with E-state index in [1.807, 2.05) is 24.3 Å². The van der Waals surface area contributed by atoms with Crippen LogP contribution in [-0.2, 0) is 6.54 Å². The van der Waals surface area contributed by atoms with E-state index in [1.54, 1.807) is 5.51 Å². The van der Waals surface area contributed by atoms with Crippen LogP contribution in [0, 0.1) is 0 Å². The Kier molecular flexibility index (Phi) is 2.60. The molecule has 0 amide bonds. The number of rotatable bonds is 3. The highest BCUT2D eigenvalue weighted by Crippen LogP contribution is 2.11. The van der Waals surface area contributed by atoms with Gasteiger partial charge in [-0.15, -0.1) is 10.2 Å². The predicted octanol–water partition coefficient (Wildman–Crippen LogP) is 1.73. The van der Waals surface area contributed by atoms with E-state index < -0.39 is 0 Å². The fourth-order valence-corrected chi connectivity index (χ4v) is 1.57. The summed E-state index contributed by atoms with van der Waals surface area (Å²) in [4.78, 5) is 0. The highest BCUT2D eigenvalue weighted by atomic mass is 32.1. The van der Waals surface area contributed by atoms with Crippen LogP contribution in [0.15, 0.2) is 29.8 Å². The SMILES string of the molecule is Nc1cccc(CNc2nncs2)c1. The topological polar surface area (TPSA) is 63.8 Å². The van der Waals surface area contributed by atoms with Crippen LogP contribution in [-0.4, -0.2) is 10.2 Å². The molecule has 1 aromatic carbocycles. The van der Waals surface area contributed by atoms with Crippen LogP contribution in [0.1, 0.15) is 5.56 Å². The zero-order valence-corrected chi connectivity index (χ0v) is 8.29. The summed E-state index contributed by atoms with van der Waals surface area (Å²) < 4.78 is 0. The molecule has 0 unspecified atom stereocenters. The van der Waals surface area contributed by atoms with Crippen LogP contribution in [0.4, 0.5) is 10.8 Å². The molecule has 2 rings (SSSR count). The molecule has 4 nitrogen and oxygen atoms in total. The van der Waals surface area contributed by atoms with Gasteiger partial charge in [0.15, 0.2) is 0 Å². The number of anilines is 2. The smallest absolute Gasteiger partial charge is 0.205 e. The first kappa shape index (κ1) is 8.96. The summed E-state index contributed by atoms with van der Waals surface area (Å²) in [5.41, 5.74) is 9.27. The predicted molar refractivity (Wildman–Crippen MR) is 58.1 cm³/mol. The molecule has 0 aliphatic heterocycles. The molecule has 3 N–H and O–H groups in total. The van der Waals surface area contributed by atoms with Crippen LogP contribution >= 0.6 is 11.3 Å². The monoisotopic (exact) mass is 206 g/mol. The second-order valence-electron chi connectivity index (χ2n) is 2.84. The Morgan fingerprint density at radius 3 is 3.07 bits per heavy atom. The van der Waals surface area contributed by atoms with Gasteiger partial charge in [-0.25, -0.2) is 0 Å². The Bertz CT molecular complexity index is 399. The summed E-state index contributed by atoms with van der Waals surface area (Å²) in [5, 5.41) is 11.6. The first-order valence-corrected chi connectivity index (χ1v) is 5.07. The largest absolute Gasteiger partial charge is 0.399 e. The van der Waals surface area contributed by atoms with Crippen molar-refractivity contribution < 1.29 is 0 Å². The number of benzene rings is 1. The maximum Gasteiger partial charge on any atom is 0.205 e. The van der Waals surface area contributed by atoms with Crippen molar-refractivity contribution in [2.75, 3.05) is 11.1 Å². The minimum atomic E-state index is 0.722. The molecule has 0 atom stereocenters. The van der Waals surface area contributed by atoms with Crippen LogP contribution in [0.3, 0.4) is 0 Å². The molecule has 0 radical (unpaired) electrons. The van der Waals surface area contributed by atoms with E-state index in [0.717, 1.165) is 22.9 Å². The van der Waals surface area contributed by atoms with Gasteiger partial charge in [0.1, 0.15) is 5.51 Å². The summed E-state index contributed by atoms with van der Waals surface area (Å²) >= 11 is 1.48. The van der Waals surface area contributed by atoms with E-state index in [9.17, 15) is 0 Å². The lowest BCUT2D eigenvalue weighted by atomic mass is 10.2. The molecular formula is C9H10N4S. The molecular weight excluding hydrogens is 196 g/mol. The van der Waals surface area contributed by atoms with Crippen molar-refractivity contribution in [3.63, 3.8) is 0 Å². The molecule has 0 aliphatic rings. The third-order valence-electron chi connectivity index (χ3n) is 1.75. The first-order valence-electron chi connectivity index (χ1n) is 4.19. The number of aromatic nitrogens is 2. The number of nitrogen functional groups attached to an aromatic ring is 1. The van der Waals surface area contributed by atoms with E-state index in [-0.39, 0.29) is 0 Å². The van der Waals surface area contributed by atoms with Gasteiger partial charge < -0.3 is 11.1 Å². The Balaban J connectivity index is 1.98. The highest BCUT2D eigenvalue weighted by Gasteiger charge is 1.96. The van der Waals surface area contributed by atoms with Gasteiger partial charge >= 0.3 is 0 Å². The van der Waals surface area contributed by atoms with Gasteiger partial charge in [-0.3, -0.25) is 0 Å². The van der Waals surface area contributed by atoms with Crippen molar-refractivity contribution in [3.8, 4) is 0 Å². The third kappa shape index (κ3) is 2.20. The van der Waals surface area contributed by atoms with Crippen LogP contribution < -0.4 is 11.1 Å². The maximum absolute atomic E-state index is 5.65. The second kappa shape index (κ2) is 4.06. The maximum atomic E-state index is 5.65. The van der Waals surface area contributed by atoms with Gasteiger partial charge in [0, 0.05) is 12.2 Å².